The third-order valence-corrected chi connectivity index (χ3v) is 5.87. The normalized spacial score (nSPS) is 10.8. The first-order chi connectivity index (χ1) is 18.0. The van der Waals surface area contributed by atoms with Crippen LogP contribution in [0.2, 0.25) is 5.02 Å². The second-order valence-electron chi connectivity index (χ2n) is 8.11. The Hall–Kier alpha value is -4.69. The van der Waals surface area contributed by atoms with Crippen molar-refractivity contribution < 1.29 is 13.9 Å². The number of halogens is 2. The molecule has 0 bridgehead atoms. The molecule has 0 radical (unpaired) electrons. The fraction of sp³-hybridized carbons (Fsp3) is 0.0357. The number of rotatable bonds is 8. The van der Waals surface area contributed by atoms with Crippen LogP contribution in [0.3, 0.4) is 0 Å². The molecule has 5 aromatic rings. The average Bonchev–Trinajstić information content (AvgIpc) is 3.34. The monoisotopic (exact) mass is 513 g/mol. The van der Waals surface area contributed by atoms with Crippen LogP contribution in [0.4, 0.5) is 21.6 Å². The number of amides is 1. The molecule has 0 spiro atoms. The predicted molar refractivity (Wildman–Crippen MR) is 144 cm³/mol. The van der Waals surface area contributed by atoms with Crippen LogP contribution in [0, 0.1) is 5.82 Å². The summed E-state index contributed by atoms with van der Waals surface area (Å²) in [5, 5.41) is 7.25. The number of anilines is 3. The van der Waals surface area contributed by atoms with E-state index < -0.39 is 0 Å². The zero-order valence-corrected chi connectivity index (χ0v) is 20.2. The third-order valence-electron chi connectivity index (χ3n) is 5.57. The lowest BCUT2D eigenvalue weighted by Crippen LogP contribution is -2.06. The molecule has 0 aliphatic rings. The van der Waals surface area contributed by atoms with Gasteiger partial charge in [-0.1, -0.05) is 42.4 Å². The van der Waals surface area contributed by atoms with E-state index in [0.29, 0.717) is 39.2 Å². The van der Waals surface area contributed by atoms with Gasteiger partial charge in [0, 0.05) is 23.1 Å². The van der Waals surface area contributed by atoms with Gasteiger partial charge in [0.15, 0.2) is 0 Å². The molecule has 37 heavy (non-hydrogen) atoms. The summed E-state index contributed by atoms with van der Waals surface area (Å²) in [5.74, 6) is 0.443. The lowest BCUT2D eigenvalue weighted by atomic mass is 10.1. The van der Waals surface area contributed by atoms with Gasteiger partial charge in [-0.15, -0.1) is 0 Å². The Labute approximate surface area is 217 Å². The minimum absolute atomic E-state index is 0.190. The van der Waals surface area contributed by atoms with Crippen molar-refractivity contribution in [1.29, 1.82) is 0 Å². The van der Waals surface area contributed by atoms with Gasteiger partial charge < -0.3 is 20.4 Å². The van der Waals surface area contributed by atoms with E-state index in [9.17, 15) is 9.18 Å². The summed E-state index contributed by atoms with van der Waals surface area (Å²) in [6, 6.07) is 19.0. The molecule has 0 saturated heterocycles. The average molecular weight is 514 g/mol. The Morgan fingerprint density at radius 3 is 2.76 bits per heavy atom. The minimum Gasteiger partial charge on any atom is -0.487 e. The molecular formula is C28H21ClFN5O2. The molecule has 184 valence electrons. The van der Waals surface area contributed by atoms with Crippen molar-refractivity contribution in [1.82, 2.24) is 15.0 Å². The van der Waals surface area contributed by atoms with Crippen molar-refractivity contribution in [3.63, 3.8) is 0 Å². The number of hydrogen-bond donors (Lipinski definition) is 3. The number of fused-ring (bicyclic) bond motifs is 1. The summed E-state index contributed by atoms with van der Waals surface area (Å²) >= 11 is 6.47. The van der Waals surface area contributed by atoms with Crippen molar-refractivity contribution >= 4 is 45.7 Å². The number of ether oxygens (including phenoxy) is 1. The highest BCUT2D eigenvalue weighted by Crippen LogP contribution is 2.35. The van der Waals surface area contributed by atoms with Crippen LogP contribution in [0.15, 0.2) is 91.9 Å². The molecule has 0 aliphatic heterocycles. The molecule has 0 fully saturated rings. The maximum atomic E-state index is 13.4. The van der Waals surface area contributed by atoms with E-state index in [-0.39, 0.29) is 18.3 Å². The van der Waals surface area contributed by atoms with Gasteiger partial charge in [-0.3, -0.25) is 4.79 Å². The number of aromatic amines is 1. The van der Waals surface area contributed by atoms with Crippen LogP contribution in [0.5, 0.6) is 5.75 Å². The summed E-state index contributed by atoms with van der Waals surface area (Å²) in [5.41, 5.74) is 4.41. The van der Waals surface area contributed by atoms with Gasteiger partial charge in [-0.05, 0) is 59.7 Å². The molecular weight excluding hydrogens is 493 g/mol. The number of benzene rings is 3. The number of nitrogens with zero attached hydrogens (tertiary/aromatic N) is 2. The van der Waals surface area contributed by atoms with Crippen LogP contribution in [-0.4, -0.2) is 20.9 Å². The lowest BCUT2D eigenvalue weighted by molar-refractivity contribution is -0.111. The van der Waals surface area contributed by atoms with E-state index in [1.165, 1.54) is 24.5 Å². The highest BCUT2D eigenvalue weighted by molar-refractivity contribution is 6.32. The molecule has 7 nitrogen and oxygen atoms in total. The van der Waals surface area contributed by atoms with Gasteiger partial charge in [0.2, 0.25) is 5.91 Å². The minimum atomic E-state index is -0.319. The van der Waals surface area contributed by atoms with Crippen molar-refractivity contribution in [3.05, 3.63) is 108 Å². The number of H-pyrrole nitrogens is 1. The van der Waals surface area contributed by atoms with E-state index in [2.05, 4.69) is 32.2 Å². The third kappa shape index (κ3) is 5.44. The first kappa shape index (κ1) is 24.0. The Morgan fingerprint density at radius 2 is 1.95 bits per heavy atom. The molecule has 2 heterocycles. The van der Waals surface area contributed by atoms with Gasteiger partial charge in [-0.2, -0.15) is 0 Å². The molecule has 0 atom stereocenters. The van der Waals surface area contributed by atoms with Gasteiger partial charge in [-0.25, -0.2) is 14.4 Å². The van der Waals surface area contributed by atoms with E-state index in [0.717, 1.165) is 16.5 Å². The Bertz CT molecular complexity index is 1620. The van der Waals surface area contributed by atoms with E-state index in [4.69, 9.17) is 16.3 Å². The molecule has 0 saturated carbocycles. The fourth-order valence-electron chi connectivity index (χ4n) is 3.86. The highest BCUT2D eigenvalue weighted by Gasteiger charge is 2.14. The van der Waals surface area contributed by atoms with Crippen LogP contribution < -0.4 is 15.4 Å². The molecule has 0 unspecified atom stereocenters. The molecule has 3 N–H and O–H groups in total. The topological polar surface area (TPSA) is 91.9 Å². The fourth-order valence-corrected chi connectivity index (χ4v) is 4.10. The second kappa shape index (κ2) is 10.5. The van der Waals surface area contributed by atoms with E-state index >= 15 is 0 Å². The number of carbonyl (C=O) groups excluding carboxylic acids is 1. The molecule has 9 heteroatoms. The Kier molecular flexibility index (Phi) is 6.83. The van der Waals surface area contributed by atoms with Crippen molar-refractivity contribution in [2.75, 3.05) is 10.6 Å². The van der Waals surface area contributed by atoms with Gasteiger partial charge in [0.1, 0.15) is 36.0 Å². The first-order valence-electron chi connectivity index (χ1n) is 11.3. The molecule has 5 rings (SSSR count). The summed E-state index contributed by atoms with van der Waals surface area (Å²) in [4.78, 5) is 23.7. The molecule has 1 amide bonds. The van der Waals surface area contributed by atoms with Crippen LogP contribution in [0.1, 0.15) is 5.56 Å². The highest BCUT2D eigenvalue weighted by atomic mass is 35.5. The zero-order valence-electron chi connectivity index (χ0n) is 19.5. The largest absolute Gasteiger partial charge is 0.487 e. The zero-order chi connectivity index (χ0) is 25.8. The van der Waals surface area contributed by atoms with Gasteiger partial charge in [0.25, 0.3) is 0 Å². The quantitative estimate of drug-likeness (QED) is 0.197. The summed E-state index contributed by atoms with van der Waals surface area (Å²) < 4.78 is 19.2. The van der Waals surface area contributed by atoms with E-state index in [1.807, 2.05) is 30.5 Å². The van der Waals surface area contributed by atoms with Crippen molar-refractivity contribution in [2.45, 2.75) is 6.61 Å². The molecule has 0 aliphatic carbocycles. The summed E-state index contributed by atoms with van der Waals surface area (Å²) in [7, 11) is 0. The second-order valence-corrected chi connectivity index (χ2v) is 8.52. The van der Waals surface area contributed by atoms with E-state index in [1.54, 1.807) is 30.3 Å². The van der Waals surface area contributed by atoms with Crippen LogP contribution in [0.25, 0.3) is 22.2 Å². The summed E-state index contributed by atoms with van der Waals surface area (Å²) in [6.07, 6.45) is 4.52. The van der Waals surface area contributed by atoms with Gasteiger partial charge >= 0.3 is 0 Å². The lowest BCUT2D eigenvalue weighted by Gasteiger charge is -2.12. The van der Waals surface area contributed by atoms with Crippen LogP contribution >= 0.6 is 11.6 Å². The van der Waals surface area contributed by atoms with Gasteiger partial charge in [0.05, 0.1) is 10.4 Å². The maximum Gasteiger partial charge on any atom is 0.247 e. The Balaban J connectivity index is 1.40. The molecule has 3 aromatic carbocycles. The predicted octanol–water partition coefficient (Wildman–Crippen LogP) is 6.86. The number of nitrogens with one attached hydrogen (secondary N) is 3. The summed E-state index contributed by atoms with van der Waals surface area (Å²) in [6.45, 7) is 3.68. The van der Waals surface area contributed by atoms with Crippen LogP contribution in [-0.2, 0) is 11.4 Å². The van der Waals surface area contributed by atoms with Crippen molar-refractivity contribution in [2.24, 2.45) is 0 Å². The smallest absolute Gasteiger partial charge is 0.247 e. The number of aromatic nitrogens is 3. The number of carbonyl (C=O) groups is 1. The SMILES string of the molecule is C=CC(=O)Nc1cccc(-c2c[nH]c3ncnc(Nc4ccc(OCc5cccc(F)c5)c(Cl)c4)c23)c1. The van der Waals surface area contributed by atoms with Crippen molar-refractivity contribution in [3.8, 4) is 16.9 Å². The standard InChI is InChI=1S/C28H21ClFN5O2/c1-2-25(36)34-20-8-4-6-18(12-20)22-14-31-27-26(22)28(33-16-32-27)35-21-9-10-24(23(29)13-21)37-15-17-5-3-7-19(30)11-17/h2-14,16H,1,15H2,(H,34,36)(H2,31,32,33,35). The number of hydrogen-bond acceptors (Lipinski definition) is 5. The Morgan fingerprint density at radius 1 is 1.08 bits per heavy atom. The first-order valence-corrected chi connectivity index (χ1v) is 11.7. The maximum absolute atomic E-state index is 13.4. The molecule has 2 aromatic heterocycles.